The molecule has 1 aromatic rings. The first-order valence-corrected chi connectivity index (χ1v) is 14.9. The first-order valence-electron chi connectivity index (χ1n) is 10.7. The van der Waals surface area contributed by atoms with E-state index in [0.29, 0.717) is 23.9 Å². The molecule has 0 heterocycles. The molecule has 0 aliphatic carbocycles. The molecule has 1 aromatic carbocycles. The highest BCUT2D eigenvalue weighted by Gasteiger charge is 2.31. The van der Waals surface area contributed by atoms with E-state index in [9.17, 15) is 36.1 Å². The molecule has 1 amide bonds. The zero-order valence-electron chi connectivity index (χ0n) is 18.8. The van der Waals surface area contributed by atoms with Crippen LogP contribution in [0.3, 0.4) is 0 Å². The maximum atomic E-state index is 12.7. The van der Waals surface area contributed by atoms with Crippen LogP contribution in [0.5, 0.6) is 0 Å². The van der Waals surface area contributed by atoms with Crippen LogP contribution in [-0.4, -0.2) is 67.2 Å². The molecule has 0 aromatic heterocycles. The number of alkyl halides is 1. The second kappa shape index (κ2) is 15.0. The molecule has 0 spiro atoms. The minimum atomic E-state index is -4.57. The molecular weight excluding hydrogens is 599 g/mol. The highest BCUT2D eigenvalue weighted by molar-refractivity contribution is 14.1. The Balaban J connectivity index is 2.68. The summed E-state index contributed by atoms with van der Waals surface area (Å²) in [6, 6.07) is 5.13. The number of nitrogens with two attached hydrogens (primary N) is 1. The summed E-state index contributed by atoms with van der Waals surface area (Å²) in [7, 11) is -4.57. The summed E-state index contributed by atoms with van der Waals surface area (Å²) in [5.74, 6) is -1.88. The van der Waals surface area contributed by atoms with Crippen molar-refractivity contribution in [1.82, 2.24) is 5.32 Å². The van der Waals surface area contributed by atoms with E-state index < -0.39 is 43.3 Å². The van der Waals surface area contributed by atoms with Gasteiger partial charge in [-0.25, -0.2) is 4.21 Å². The van der Waals surface area contributed by atoms with Gasteiger partial charge in [0.05, 0.1) is 0 Å². The van der Waals surface area contributed by atoms with Crippen LogP contribution < -0.4 is 11.1 Å². The molecule has 0 saturated carbocycles. The van der Waals surface area contributed by atoms with Crippen LogP contribution in [0.1, 0.15) is 59.7 Å². The summed E-state index contributed by atoms with van der Waals surface area (Å²) in [4.78, 5) is 36.2. The number of primary amides is 1. The highest BCUT2D eigenvalue weighted by Crippen LogP contribution is 2.17. The quantitative estimate of drug-likeness (QED) is 0.0500. The molecule has 192 valence electrons. The first kappa shape index (κ1) is 30.8. The van der Waals surface area contributed by atoms with Crippen molar-refractivity contribution in [3.05, 3.63) is 35.4 Å². The van der Waals surface area contributed by atoms with Gasteiger partial charge in [0.2, 0.25) is 5.91 Å². The number of ketones is 2. The minimum Gasteiger partial charge on any atom is -0.369 e. The van der Waals surface area contributed by atoms with Crippen molar-refractivity contribution in [3.8, 4) is 0 Å². The van der Waals surface area contributed by atoms with Gasteiger partial charge >= 0.3 is 0 Å². The van der Waals surface area contributed by atoms with Crippen molar-refractivity contribution < 1.29 is 36.1 Å². The van der Waals surface area contributed by atoms with Gasteiger partial charge in [-0.3, -0.25) is 18.9 Å². The summed E-state index contributed by atoms with van der Waals surface area (Å²) in [5.41, 5.74) is 5.34. The van der Waals surface area contributed by atoms with E-state index in [4.69, 9.17) is 5.73 Å². The van der Waals surface area contributed by atoms with Crippen molar-refractivity contribution in [2.75, 3.05) is 17.5 Å². The molecule has 4 unspecified atom stereocenters. The van der Waals surface area contributed by atoms with Gasteiger partial charge in [0.15, 0.2) is 22.6 Å². The average Bonchev–Trinajstić information content (AvgIpc) is 2.77. The van der Waals surface area contributed by atoms with Gasteiger partial charge in [-0.1, -0.05) is 60.2 Å². The number of benzene rings is 1. The number of carbonyl (C=O) groups is 3. The van der Waals surface area contributed by atoms with Crippen LogP contribution in [0.4, 0.5) is 0 Å². The summed E-state index contributed by atoms with van der Waals surface area (Å²) in [5, 5.41) is 0.341. The number of unbranched alkanes of at least 4 members (excludes halogenated alkanes) is 1. The maximum Gasteiger partial charge on any atom is 0.275 e. The maximum absolute atomic E-state index is 12.7. The lowest BCUT2D eigenvalue weighted by Gasteiger charge is -2.14. The minimum absolute atomic E-state index is 0.0121. The van der Waals surface area contributed by atoms with Crippen LogP contribution >= 0.6 is 22.6 Å². The number of Topliss-reactive ketones (excluding diaryl/α,β-unsaturated/α-hetero) is 2. The van der Waals surface area contributed by atoms with Crippen molar-refractivity contribution in [2.24, 2.45) is 11.7 Å². The Kier molecular flexibility index (Phi) is 13.6. The predicted octanol–water partition coefficient (Wildman–Crippen LogP) is 2.00. The fourth-order valence-electron chi connectivity index (χ4n) is 3.21. The van der Waals surface area contributed by atoms with Crippen LogP contribution in [0.25, 0.3) is 0 Å². The molecular formula is C21H31IN2O8S2. The van der Waals surface area contributed by atoms with Gasteiger partial charge in [0.1, 0.15) is 10.5 Å². The first-order chi connectivity index (χ1) is 15.9. The molecule has 1 rings (SSSR count). The van der Waals surface area contributed by atoms with E-state index >= 15 is 0 Å². The topological polar surface area (TPSA) is 181 Å². The number of rotatable bonds is 17. The zero-order chi connectivity index (χ0) is 25.9. The molecule has 5 N–H and O–H groups in total. The fourth-order valence-corrected chi connectivity index (χ4v) is 5.72. The summed E-state index contributed by atoms with van der Waals surface area (Å²) in [6.45, 7) is 2.72. The number of hydrogen-bond acceptors (Lipinski definition) is 7. The number of hydrogen-bond donors (Lipinski definition) is 4. The lowest BCUT2D eigenvalue weighted by molar-refractivity contribution is -0.121. The van der Waals surface area contributed by atoms with E-state index in [1.54, 1.807) is 6.92 Å². The summed E-state index contributed by atoms with van der Waals surface area (Å²) < 4.78 is 54.0. The van der Waals surface area contributed by atoms with Crippen LogP contribution in [0.2, 0.25) is 0 Å². The van der Waals surface area contributed by atoms with E-state index in [1.165, 1.54) is 24.3 Å². The fraction of sp³-hybridized carbons (Fsp3) is 0.571. The van der Waals surface area contributed by atoms with Crippen LogP contribution in [-0.2, 0) is 26.0 Å². The predicted molar refractivity (Wildman–Crippen MR) is 138 cm³/mol. The number of amides is 1. The van der Waals surface area contributed by atoms with E-state index in [1.807, 2.05) is 22.6 Å². The third-order valence-electron chi connectivity index (χ3n) is 5.32. The van der Waals surface area contributed by atoms with Crippen molar-refractivity contribution in [2.45, 2.75) is 49.5 Å². The highest BCUT2D eigenvalue weighted by atomic mass is 127. The Labute approximate surface area is 216 Å². The Morgan fingerprint density at radius 3 is 2.06 bits per heavy atom. The molecule has 0 aliphatic rings. The van der Waals surface area contributed by atoms with Crippen molar-refractivity contribution in [1.29, 1.82) is 0 Å². The monoisotopic (exact) mass is 630 g/mol. The lowest BCUT2D eigenvalue weighted by Crippen LogP contribution is -2.31. The second-order valence-corrected chi connectivity index (χ2v) is 11.7. The van der Waals surface area contributed by atoms with E-state index in [0.717, 1.165) is 12.8 Å². The van der Waals surface area contributed by atoms with Gasteiger partial charge in [0, 0.05) is 21.5 Å². The Hall–Kier alpha value is -1.26. The number of nitrogens with one attached hydrogen (secondary N) is 1. The van der Waals surface area contributed by atoms with Crippen molar-refractivity contribution in [3.63, 3.8) is 0 Å². The van der Waals surface area contributed by atoms with Gasteiger partial charge < -0.3 is 15.6 Å². The average molecular weight is 631 g/mol. The Morgan fingerprint density at radius 1 is 1.03 bits per heavy atom. The molecule has 10 nitrogen and oxygen atoms in total. The van der Waals surface area contributed by atoms with Crippen LogP contribution in [0, 0.1) is 5.92 Å². The largest absolute Gasteiger partial charge is 0.369 e. The SMILES string of the molecule is CC(CCCCNCCC(C(=O)c1ccc(C(=O)C(CCI)S(=O)(=O)O)cc1)S(=O)O)C(N)=O. The smallest absolute Gasteiger partial charge is 0.275 e. The third-order valence-corrected chi connectivity index (χ3v) is 8.05. The third kappa shape index (κ3) is 10.2. The zero-order valence-corrected chi connectivity index (χ0v) is 22.6. The standard InChI is InChI=1S/C21H31IN2O8S2/c1-14(21(23)27)4-2-3-12-24-13-10-17(33(28)29)19(25)15-5-7-16(8-6-15)20(26)18(9-11-22)34(30,31)32/h5-8,14,17-18,24H,2-4,9-13H2,1H3,(H2,23,27)(H,28,29)(H,30,31,32). The van der Waals surface area contributed by atoms with Gasteiger partial charge in [0.25, 0.3) is 10.1 Å². The van der Waals surface area contributed by atoms with Gasteiger partial charge in [-0.15, -0.1) is 0 Å². The number of carbonyl (C=O) groups excluding carboxylic acids is 3. The molecule has 4 atom stereocenters. The lowest BCUT2D eigenvalue weighted by atomic mass is 10.0. The Morgan fingerprint density at radius 2 is 1.59 bits per heavy atom. The molecule has 0 bridgehead atoms. The Bertz CT molecular complexity index is 969. The normalized spacial score (nSPS) is 15.3. The molecule has 0 aliphatic heterocycles. The molecule has 0 fully saturated rings. The summed E-state index contributed by atoms with van der Waals surface area (Å²) in [6.07, 6.45) is 2.32. The molecule has 34 heavy (non-hydrogen) atoms. The summed E-state index contributed by atoms with van der Waals surface area (Å²) >= 11 is -0.511. The number of halogens is 1. The van der Waals surface area contributed by atoms with Crippen LogP contribution in [0.15, 0.2) is 24.3 Å². The molecule has 0 saturated heterocycles. The van der Waals surface area contributed by atoms with Gasteiger partial charge in [-0.2, -0.15) is 8.42 Å². The van der Waals surface area contributed by atoms with Crippen molar-refractivity contribution >= 4 is 61.3 Å². The second-order valence-electron chi connectivity index (χ2n) is 7.89. The van der Waals surface area contributed by atoms with Gasteiger partial charge in [-0.05, 0) is 38.8 Å². The molecule has 0 radical (unpaired) electrons. The molecule has 13 heteroatoms. The van der Waals surface area contributed by atoms with E-state index in [2.05, 4.69) is 5.32 Å². The van der Waals surface area contributed by atoms with E-state index in [-0.39, 0.29) is 35.8 Å².